The van der Waals surface area contributed by atoms with Crippen LogP contribution >= 0.6 is 0 Å². The van der Waals surface area contributed by atoms with Crippen LogP contribution in [0.1, 0.15) is 31.4 Å². The van der Waals surface area contributed by atoms with Crippen molar-refractivity contribution in [3.05, 3.63) is 47.5 Å². The third-order valence-electron chi connectivity index (χ3n) is 5.65. The number of nitrogens with zero attached hydrogens (tertiary/aromatic N) is 3. The van der Waals surface area contributed by atoms with E-state index in [1.54, 1.807) is 9.47 Å². The van der Waals surface area contributed by atoms with Gasteiger partial charge in [0.05, 0.1) is 11.8 Å². The number of para-hydroxylation sites is 2. The van der Waals surface area contributed by atoms with Crippen LogP contribution in [0.15, 0.2) is 36.4 Å². The molecule has 2 heterocycles. The molecule has 30 heavy (non-hydrogen) atoms. The molecule has 1 aliphatic carbocycles. The molecule has 0 spiro atoms. The minimum atomic E-state index is -0.0424. The fourth-order valence-electron chi connectivity index (χ4n) is 4.21. The molecule has 0 bridgehead atoms. The first kappa shape index (κ1) is 20.2. The van der Waals surface area contributed by atoms with Crippen LogP contribution in [0.3, 0.4) is 0 Å². The summed E-state index contributed by atoms with van der Waals surface area (Å²) in [6.45, 7) is 6.20. The number of carbonyl (C=O) groups is 1. The zero-order valence-corrected chi connectivity index (χ0v) is 17.5. The van der Waals surface area contributed by atoms with Gasteiger partial charge in [-0.15, -0.1) is 0 Å². The average Bonchev–Trinajstić information content (AvgIpc) is 3.21. The lowest BCUT2D eigenvalue weighted by Crippen LogP contribution is -2.33. The lowest BCUT2D eigenvalue weighted by atomic mass is 10.0. The number of urea groups is 1. The van der Waals surface area contributed by atoms with Crippen molar-refractivity contribution in [3.8, 4) is 17.5 Å². The van der Waals surface area contributed by atoms with E-state index in [2.05, 4.69) is 0 Å². The summed E-state index contributed by atoms with van der Waals surface area (Å²) in [5.74, 6) is 0.992. The second-order valence-corrected chi connectivity index (χ2v) is 8.04. The number of aromatic hydroxyl groups is 2. The van der Waals surface area contributed by atoms with E-state index < -0.39 is 0 Å². The fourth-order valence-corrected chi connectivity index (χ4v) is 4.21. The Morgan fingerprint density at radius 3 is 2.33 bits per heavy atom. The number of fused-ring (bicyclic) bond motifs is 1. The van der Waals surface area contributed by atoms with Crippen molar-refractivity contribution in [1.29, 1.82) is 0 Å². The van der Waals surface area contributed by atoms with Crippen molar-refractivity contribution in [2.24, 2.45) is 0 Å². The smallest absolute Gasteiger partial charge is 0.324 e. The van der Waals surface area contributed by atoms with Crippen LogP contribution < -0.4 is 9.64 Å². The number of carbonyl (C=O) groups excluding carboxylic acids is 1. The topological polar surface area (TPSA) is 78.2 Å². The number of amides is 2. The normalized spacial score (nSPS) is 15.9. The molecular weight excluding hydrogens is 382 g/mol. The first-order valence-corrected chi connectivity index (χ1v) is 10.6. The second kappa shape index (κ2) is 8.34. The van der Waals surface area contributed by atoms with Gasteiger partial charge in [-0.1, -0.05) is 24.3 Å². The molecule has 1 aliphatic heterocycles. The number of rotatable bonds is 7. The summed E-state index contributed by atoms with van der Waals surface area (Å²) in [6, 6.07) is 7.57. The molecule has 0 saturated carbocycles. The Bertz CT molecular complexity index is 932. The van der Waals surface area contributed by atoms with Gasteiger partial charge in [0, 0.05) is 37.3 Å². The molecule has 1 fully saturated rings. The summed E-state index contributed by atoms with van der Waals surface area (Å²) in [4.78, 5) is 16.5. The lowest BCUT2D eigenvalue weighted by molar-refractivity contribution is 0.218. The molecule has 4 rings (SSSR count). The van der Waals surface area contributed by atoms with Crippen molar-refractivity contribution in [2.45, 2.75) is 45.8 Å². The molecule has 2 aromatic rings. The summed E-state index contributed by atoms with van der Waals surface area (Å²) >= 11 is 0. The van der Waals surface area contributed by atoms with Gasteiger partial charge in [0.2, 0.25) is 0 Å². The van der Waals surface area contributed by atoms with Crippen LogP contribution in [-0.4, -0.2) is 51.4 Å². The first-order valence-electron chi connectivity index (χ1n) is 10.6. The molecule has 7 heteroatoms. The van der Waals surface area contributed by atoms with Gasteiger partial charge >= 0.3 is 6.03 Å². The lowest BCUT2D eigenvalue weighted by Gasteiger charge is -2.22. The molecule has 1 aromatic heterocycles. The zero-order chi connectivity index (χ0) is 21.3. The van der Waals surface area contributed by atoms with Gasteiger partial charge in [0.15, 0.2) is 11.8 Å². The van der Waals surface area contributed by atoms with Crippen molar-refractivity contribution in [2.75, 3.05) is 24.5 Å². The predicted octanol–water partition coefficient (Wildman–Crippen LogP) is 3.67. The molecule has 1 saturated heterocycles. The summed E-state index contributed by atoms with van der Waals surface area (Å²) < 4.78 is 7.43. The van der Waals surface area contributed by atoms with Gasteiger partial charge < -0.3 is 19.8 Å². The number of ether oxygens (including phenoxy) is 1. The molecule has 1 aromatic carbocycles. The monoisotopic (exact) mass is 411 g/mol. The highest BCUT2D eigenvalue weighted by Crippen LogP contribution is 2.37. The molecule has 0 atom stereocenters. The number of anilines is 1. The van der Waals surface area contributed by atoms with Crippen LogP contribution in [0.5, 0.6) is 17.5 Å². The summed E-state index contributed by atoms with van der Waals surface area (Å²) in [7, 11) is 0. The van der Waals surface area contributed by atoms with E-state index in [1.807, 2.05) is 55.2 Å². The van der Waals surface area contributed by atoms with E-state index in [1.165, 1.54) is 0 Å². The van der Waals surface area contributed by atoms with E-state index in [9.17, 15) is 15.0 Å². The largest absolute Gasteiger partial charge is 0.494 e. The summed E-state index contributed by atoms with van der Waals surface area (Å²) in [5, 5.41) is 20.9. The maximum absolute atomic E-state index is 13.0. The van der Waals surface area contributed by atoms with Gasteiger partial charge in [0.25, 0.3) is 0 Å². The number of hydrogen-bond donors (Lipinski definition) is 2. The number of allylic oxidation sites excluding steroid dienone is 2. The van der Waals surface area contributed by atoms with E-state index >= 15 is 0 Å². The molecule has 7 nitrogen and oxygen atoms in total. The minimum Gasteiger partial charge on any atom is -0.494 e. The van der Waals surface area contributed by atoms with Crippen molar-refractivity contribution < 1.29 is 19.7 Å². The Hall–Kier alpha value is -3.09. The molecule has 2 aliphatic rings. The maximum Gasteiger partial charge on any atom is 0.324 e. The Kier molecular flexibility index (Phi) is 5.61. The first-order chi connectivity index (χ1) is 14.5. The second-order valence-electron chi connectivity index (χ2n) is 8.04. The van der Waals surface area contributed by atoms with Gasteiger partial charge in [-0.25, -0.2) is 4.79 Å². The third-order valence-corrected chi connectivity index (χ3v) is 5.65. The highest BCUT2D eigenvalue weighted by atomic mass is 16.5. The third kappa shape index (κ3) is 3.72. The van der Waals surface area contributed by atoms with Gasteiger partial charge in [-0.3, -0.25) is 9.47 Å². The van der Waals surface area contributed by atoms with Crippen LogP contribution in [0, 0.1) is 0 Å². The Morgan fingerprint density at radius 2 is 1.67 bits per heavy atom. The van der Waals surface area contributed by atoms with E-state index in [-0.39, 0.29) is 23.9 Å². The maximum atomic E-state index is 13.0. The molecule has 0 radical (unpaired) electrons. The number of benzene rings is 1. The Balaban J connectivity index is 1.39. The van der Waals surface area contributed by atoms with Crippen molar-refractivity contribution >= 4 is 11.7 Å². The van der Waals surface area contributed by atoms with Crippen LogP contribution in [0.25, 0.3) is 0 Å². The Morgan fingerprint density at radius 1 is 1.00 bits per heavy atom. The minimum absolute atomic E-state index is 0.0305. The molecule has 2 amide bonds. The summed E-state index contributed by atoms with van der Waals surface area (Å²) in [6.07, 6.45) is 5.96. The zero-order valence-electron chi connectivity index (χ0n) is 17.5. The van der Waals surface area contributed by atoms with Crippen molar-refractivity contribution in [3.63, 3.8) is 0 Å². The molecule has 2 N–H and O–H groups in total. The van der Waals surface area contributed by atoms with E-state index in [0.29, 0.717) is 51.2 Å². The Labute approximate surface area is 176 Å². The molecular formula is C23H29N3O4. The summed E-state index contributed by atoms with van der Waals surface area (Å²) in [5.41, 5.74) is 2.40. The van der Waals surface area contributed by atoms with Gasteiger partial charge in [-0.05, 0) is 45.2 Å². The highest BCUT2D eigenvalue weighted by molar-refractivity contribution is 5.95. The SMILES string of the molecule is CC(C)Oc1ccccc1N1CCN(CCCn2c(O)c3c(c2O)CC=CC3)C1=O. The standard InChI is InChI=1S/C23H29N3O4/c1-16(2)30-20-11-6-5-10-19(20)25-15-14-24(23(25)29)12-7-13-26-21(27)17-8-3-4-9-18(17)22(26)28/h3-6,10-11,16,27-28H,7-9,12-15H2,1-2H3. The molecule has 0 unspecified atom stereocenters. The van der Waals surface area contributed by atoms with E-state index in [4.69, 9.17) is 4.74 Å². The van der Waals surface area contributed by atoms with Gasteiger partial charge in [-0.2, -0.15) is 0 Å². The fraction of sp³-hybridized carbons (Fsp3) is 0.435. The van der Waals surface area contributed by atoms with Gasteiger partial charge in [0.1, 0.15) is 5.75 Å². The van der Waals surface area contributed by atoms with Crippen LogP contribution in [0.2, 0.25) is 0 Å². The quantitative estimate of drug-likeness (QED) is 0.682. The predicted molar refractivity (Wildman–Crippen MR) is 115 cm³/mol. The van der Waals surface area contributed by atoms with Crippen LogP contribution in [0.4, 0.5) is 10.5 Å². The number of hydrogen-bond acceptors (Lipinski definition) is 4. The number of aromatic nitrogens is 1. The van der Waals surface area contributed by atoms with Crippen molar-refractivity contribution in [1.82, 2.24) is 9.47 Å². The van der Waals surface area contributed by atoms with Crippen LogP contribution in [-0.2, 0) is 19.4 Å². The average molecular weight is 412 g/mol. The molecule has 160 valence electrons. The highest BCUT2D eigenvalue weighted by Gasteiger charge is 2.31. The van der Waals surface area contributed by atoms with E-state index in [0.717, 1.165) is 16.8 Å².